The number of hydrogen-bond donors (Lipinski definition) is 1. The van der Waals surface area contributed by atoms with Crippen molar-refractivity contribution in [1.29, 1.82) is 0 Å². The molecule has 0 bridgehead atoms. The molecule has 0 aromatic carbocycles. The van der Waals surface area contributed by atoms with Crippen molar-refractivity contribution in [1.82, 2.24) is 10.3 Å². The molecule has 1 N–H and O–H groups in total. The molecule has 19 heavy (non-hydrogen) atoms. The minimum absolute atomic E-state index is 0.207. The molecule has 3 nitrogen and oxygen atoms in total. The van der Waals surface area contributed by atoms with E-state index in [1.165, 1.54) is 0 Å². The quantitative estimate of drug-likeness (QED) is 0.822. The van der Waals surface area contributed by atoms with Gasteiger partial charge in [0.1, 0.15) is 0 Å². The summed E-state index contributed by atoms with van der Waals surface area (Å²) in [5, 5.41) is 3.15. The molecule has 0 aliphatic heterocycles. The second-order valence-corrected chi connectivity index (χ2v) is 5.48. The number of pyridine rings is 1. The Morgan fingerprint density at radius 3 is 2.63 bits per heavy atom. The van der Waals surface area contributed by atoms with Crippen molar-refractivity contribution >= 4 is 5.82 Å². The number of rotatable bonds is 7. The van der Waals surface area contributed by atoms with E-state index in [9.17, 15) is 4.39 Å². The Balaban J connectivity index is 2.87. The predicted molar refractivity (Wildman–Crippen MR) is 78.9 cm³/mol. The molecule has 1 atom stereocenters. The fraction of sp³-hybridized carbons (Fsp3) is 0.667. The van der Waals surface area contributed by atoms with Crippen molar-refractivity contribution in [3.63, 3.8) is 0 Å². The standard InChI is InChI=1S/C15H26FN3/c1-6-17-10-13-7-8-18-15(14(13)16)19(5)12(4)9-11(2)3/h7-8,11-12,17H,6,9-10H2,1-5H3. The van der Waals surface area contributed by atoms with Crippen LogP contribution in [0.2, 0.25) is 0 Å². The highest BCUT2D eigenvalue weighted by atomic mass is 19.1. The molecule has 0 aliphatic carbocycles. The molecular formula is C15H26FN3. The van der Waals surface area contributed by atoms with Crippen molar-refractivity contribution in [2.24, 2.45) is 5.92 Å². The third-order valence-electron chi connectivity index (χ3n) is 3.32. The lowest BCUT2D eigenvalue weighted by atomic mass is 10.0. The van der Waals surface area contributed by atoms with Crippen LogP contribution < -0.4 is 10.2 Å². The highest BCUT2D eigenvalue weighted by Crippen LogP contribution is 2.22. The molecule has 0 aliphatic rings. The van der Waals surface area contributed by atoms with Crippen LogP contribution >= 0.6 is 0 Å². The van der Waals surface area contributed by atoms with Gasteiger partial charge in [0.2, 0.25) is 0 Å². The molecule has 0 spiro atoms. The van der Waals surface area contributed by atoms with Gasteiger partial charge in [0.15, 0.2) is 11.6 Å². The van der Waals surface area contributed by atoms with Gasteiger partial charge in [-0.3, -0.25) is 0 Å². The molecule has 108 valence electrons. The maximum atomic E-state index is 14.4. The second-order valence-electron chi connectivity index (χ2n) is 5.48. The molecule has 0 saturated carbocycles. The monoisotopic (exact) mass is 267 g/mol. The number of nitrogens with zero attached hydrogens (tertiary/aromatic N) is 2. The minimum atomic E-state index is -0.207. The van der Waals surface area contributed by atoms with E-state index in [4.69, 9.17) is 0 Å². The molecule has 0 saturated heterocycles. The topological polar surface area (TPSA) is 28.2 Å². The summed E-state index contributed by atoms with van der Waals surface area (Å²) < 4.78 is 14.4. The zero-order valence-corrected chi connectivity index (χ0v) is 12.7. The maximum Gasteiger partial charge on any atom is 0.170 e. The first kappa shape index (κ1) is 15.9. The van der Waals surface area contributed by atoms with Gasteiger partial charge in [0, 0.05) is 31.4 Å². The summed E-state index contributed by atoms with van der Waals surface area (Å²) in [4.78, 5) is 6.13. The van der Waals surface area contributed by atoms with E-state index in [1.54, 1.807) is 12.3 Å². The predicted octanol–water partition coefficient (Wildman–Crippen LogP) is 3.20. The summed E-state index contributed by atoms with van der Waals surface area (Å²) in [7, 11) is 1.91. The Labute approximate surface area is 116 Å². The summed E-state index contributed by atoms with van der Waals surface area (Å²) in [6, 6.07) is 2.01. The van der Waals surface area contributed by atoms with Gasteiger partial charge in [-0.25, -0.2) is 9.37 Å². The summed E-state index contributed by atoms with van der Waals surface area (Å²) in [5.74, 6) is 0.829. The highest BCUT2D eigenvalue weighted by Gasteiger charge is 2.18. The molecular weight excluding hydrogens is 241 g/mol. The maximum absolute atomic E-state index is 14.4. The molecule has 0 fully saturated rings. The van der Waals surface area contributed by atoms with Crippen molar-refractivity contribution < 1.29 is 4.39 Å². The molecule has 0 amide bonds. The van der Waals surface area contributed by atoms with Gasteiger partial charge in [-0.2, -0.15) is 0 Å². The molecule has 1 aromatic heterocycles. The first-order valence-electron chi connectivity index (χ1n) is 7.04. The molecule has 1 unspecified atom stereocenters. The van der Waals surface area contributed by atoms with Crippen LogP contribution in [0.15, 0.2) is 12.3 Å². The first-order valence-corrected chi connectivity index (χ1v) is 7.04. The van der Waals surface area contributed by atoms with Crippen LogP contribution in [0.3, 0.4) is 0 Å². The van der Waals surface area contributed by atoms with Crippen LogP contribution in [-0.4, -0.2) is 24.6 Å². The van der Waals surface area contributed by atoms with Gasteiger partial charge < -0.3 is 10.2 Å². The lowest BCUT2D eigenvalue weighted by Gasteiger charge is -2.28. The number of hydrogen-bond acceptors (Lipinski definition) is 3. The molecule has 1 rings (SSSR count). The number of aromatic nitrogens is 1. The van der Waals surface area contributed by atoms with E-state index in [0.717, 1.165) is 13.0 Å². The fourth-order valence-corrected chi connectivity index (χ4v) is 2.16. The Morgan fingerprint density at radius 1 is 1.37 bits per heavy atom. The Hall–Kier alpha value is -1.16. The smallest absolute Gasteiger partial charge is 0.170 e. The molecule has 4 heteroatoms. The third kappa shape index (κ3) is 4.46. The second kappa shape index (κ2) is 7.43. The SMILES string of the molecule is CCNCc1ccnc(N(C)C(C)CC(C)C)c1F. The Bertz CT molecular complexity index is 393. The van der Waals surface area contributed by atoms with Gasteiger partial charge in [-0.05, 0) is 31.9 Å². The summed E-state index contributed by atoms with van der Waals surface area (Å²) >= 11 is 0. The van der Waals surface area contributed by atoms with E-state index in [1.807, 2.05) is 18.9 Å². The lowest BCUT2D eigenvalue weighted by Crippen LogP contribution is -2.32. The summed E-state index contributed by atoms with van der Waals surface area (Å²) in [6.07, 6.45) is 2.71. The normalized spacial score (nSPS) is 12.8. The average Bonchev–Trinajstić information content (AvgIpc) is 2.36. The van der Waals surface area contributed by atoms with Crippen molar-refractivity contribution in [3.05, 3.63) is 23.6 Å². The number of anilines is 1. The third-order valence-corrected chi connectivity index (χ3v) is 3.32. The largest absolute Gasteiger partial charge is 0.355 e. The van der Waals surface area contributed by atoms with Gasteiger partial charge in [0.05, 0.1) is 0 Å². The summed E-state index contributed by atoms with van der Waals surface area (Å²) in [6.45, 7) is 9.85. The Morgan fingerprint density at radius 2 is 2.05 bits per heavy atom. The number of nitrogens with one attached hydrogen (secondary N) is 1. The zero-order valence-electron chi connectivity index (χ0n) is 12.7. The van der Waals surface area contributed by atoms with Crippen LogP contribution in [0.5, 0.6) is 0 Å². The van der Waals surface area contributed by atoms with Gasteiger partial charge in [-0.1, -0.05) is 20.8 Å². The van der Waals surface area contributed by atoms with Crippen molar-refractivity contribution in [3.8, 4) is 0 Å². The zero-order chi connectivity index (χ0) is 14.4. The van der Waals surface area contributed by atoms with Crippen LogP contribution in [0.4, 0.5) is 10.2 Å². The first-order chi connectivity index (χ1) is 8.97. The van der Waals surface area contributed by atoms with E-state index >= 15 is 0 Å². The van der Waals surface area contributed by atoms with E-state index < -0.39 is 0 Å². The van der Waals surface area contributed by atoms with E-state index in [-0.39, 0.29) is 11.9 Å². The van der Waals surface area contributed by atoms with Crippen molar-refractivity contribution in [2.75, 3.05) is 18.5 Å². The van der Waals surface area contributed by atoms with E-state index in [2.05, 4.69) is 31.1 Å². The van der Waals surface area contributed by atoms with E-state index in [0.29, 0.717) is 23.8 Å². The van der Waals surface area contributed by atoms with Gasteiger partial charge in [-0.15, -0.1) is 0 Å². The fourth-order valence-electron chi connectivity index (χ4n) is 2.16. The van der Waals surface area contributed by atoms with Crippen LogP contribution in [0.1, 0.15) is 39.7 Å². The minimum Gasteiger partial charge on any atom is -0.355 e. The number of halogens is 1. The van der Waals surface area contributed by atoms with Crippen LogP contribution in [-0.2, 0) is 6.54 Å². The van der Waals surface area contributed by atoms with Crippen LogP contribution in [0, 0.1) is 11.7 Å². The molecule has 1 aromatic rings. The Kier molecular flexibility index (Phi) is 6.22. The van der Waals surface area contributed by atoms with Crippen LogP contribution in [0.25, 0.3) is 0 Å². The van der Waals surface area contributed by atoms with Crippen molar-refractivity contribution in [2.45, 2.75) is 46.7 Å². The lowest BCUT2D eigenvalue weighted by molar-refractivity contribution is 0.493. The highest BCUT2D eigenvalue weighted by molar-refractivity contribution is 5.43. The molecule has 0 radical (unpaired) electrons. The summed E-state index contributed by atoms with van der Waals surface area (Å²) in [5.41, 5.74) is 0.676. The van der Waals surface area contributed by atoms with Gasteiger partial charge >= 0.3 is 0 Å². The van der Waals surface area contributed by atoms with Gasteiger partial charge in [0.25, 0.3) is 0 Å². The average molecular weight is 267 g/mol. The molecule has 1 heterocycles.